The number of fused-ring (bicyclic) bond motifs is 2. The van der Waals surface area contributed by atoms with Crippen molar-refractivity contribution in [2.75, 3.05) is 13.7 Å². The van der Waals surface area contributed by atoms with Crippen LogP contribution in [0.5, 0.6) is 17.2 Å². The molecule has 1 aromatic heterocycles. The molecule has 7 heteroatoms. The van der Waals surface area contributed by atoms with Gasteiger partial charge >= 0.3 is 0 Å². The van der Waals surface area contributed by atoms with Crippen molar-refractivity contribution in [2.24, 2.45) is 0 Å². The number of aromatic hydroxyl groups is 1. The summed E-state index contributed by atoms with van der Waals surface area (Å²) < 4.78 is 17.0. The lowest BCUT2D eigenvalue weighted by Gasteiger charge is -2.26. The van der Waals surface area contributed by atoms with E-state index in [1.165, 1.54) is 6.07 Å². The van der Waals surface area contributed by atoms with Crippen LogP contribution < -0.4 is 14.9 Å². The van der Waals surface area contributed by atoms with Crippen molar-refractivity contribution in [3.63, 3.8) is 0 Å². The van der Waals surface area contributed by atoms with Gasteiger partial charge in [-0.2, -0.15) is 0 Å². The molecule has 1 amide bonds. The molecule has 2 heterocycles. The van der Waals surface area contributed by atoms with Gasteiger partial charge in [-0.15, -0.1) is 0 Å². The maximum atomic E-state index is 13.9. The van der Waals surface area contributed by atoms with Crippen LogP contribution in [0.1, 0.15) is 51.3 Å². The maximum Gasteiger partial charge on any atom is 0.291 e. The van der Waals surface area contributed by atoms with Crippen molar-refractivity contribution < 1.29 is 23.8 Å². The van der Waals surface area contributed by atoms with Crippen molar-refractivity contribution in [1.29, 1.82) is 0 Å². The second kappa shape index (κ2) is 9.07. The Bertz CT molecular complexity index is 1540. The Morgan fingerprint density at radius 2 is 1.78 bits per heavy atom. The van der Waals surface area contributed by atoms with E-state index in [-0.39, 0.29) is 35.1 Å². The topological polar surface area (TPSA) is 89.2 Å². The van der Waals surface area contributed by atoms with E-state index in [4.69, 9.17) is 13.9 Å². The number of rotatable bonds is 6. The fourth-order valence-electron chi connectivity index (χ4n) is 4.88. The molecule has 0 spiro atoms. The highest BCUT2D eigenvalue weighted by atomic mass is 16.5. The Hall–Kier alpha value is -4.26. The molecule has 1 atom stereocenters. The predicted molar refractivity (Wildman–Crippen MR) is 136 cm³/mol. The van der Waals surface area contributed by atoms with E-state index < -0.39 is 6.04 Å². The molecule has 1 unspecified atom stereocenters. The summed E-state index contributed by atoms with van der Waals surface area (Å²) in [7, 11) is 1.60. The molecule has 0 bridgehead atoms. The molecule has 4 aromatic rings. The zero-order valence-electron chi connectivity index (χ0n) is 20.6. The molecule has 1 aliphatic heterocycles. The second-order valence-corrected chi connectivity index (χ2v) is 8.98. The van der Waals surface area contributed by atoms with Gasteiger partial charge < -0.3 is 23.9 Å². The first-order valence-corrected chi connectivity index (χ1v) is 11.8. The number of hydrogen-bond acceptors (Lipinski definition) is 6. The Morgan fingerprint density at radius 1 is 1.03 bits per heavy atom. The number of methoxy groups -OCH3 is 1. The van der Waals surface area contributed by atoms with Crippen molar-refractivity contribution in [1.82, 2.24) is 4.90 Å². The molecular weight excluding hydrogens is 458 g/mol. The highest BCUT2D eigenvalue weighted by Gasteiger charge is 2.43. The van der Waals surface area contributed by atoms with Gasteiger partial charge in [0.1, 0.15) is 11.3 Å². The minimum atomic E-state index is -0.712. The fraction of sp³-hybridized carbons (Fsp3) is 0.241. The smallest absolute Gasteiger partial charge is 0.291 e. The van der Waals surface area contributed by atoms with Crippen LogP contribution in [0.3, 0.4) is 0 Å². The number of amides is 1. The van der Waals surface area contributed by atoms with Gasteiger partial charge in [0.2, 0.25) is 5.76 Å². The van der Waals surface area contributed by atoms with E-state index in [9.17, 15) is 14.7 Å². The fourth-order valence-corrected chi connectivity index (χ4v) is 4.88. The lowest BCUT2D eigenvalue weighted by Crippen LogP contribution is -2.29. The third-order valence-electron chi connectivity index (χ3n) is 6.51. The second-order valence-electron chi connectivity index (χ2n) is 8.98. The molecule has 1 aliphatic rings. The highest BCUT2D eigenvalue weighted by molar-refractivity contribution is 5.99. The SMILES string of the molecule is CCOc1cc(C2c3c(oc4c(C)cc(C)cc4c3=O)C(=O)N2Cc2ccc(OC)cc2)ccc1O. The number of phenols is 1. The van der Waals surface area contributed by atoms with Crippen LogP contribution in [0.2, 0.25) is 0 Å². The average molecular weight is 486 g/mol. The molecule has 0 aliphatic carbocycles. The Kier molecular flexibility index (Phi) is 5.92. The lowest BCUT2D eigenvalue weighted by atomic mass is 9.97. The molecule has 3 aromatic carbocycles. The van der Waals surface area contributed by atoms with Crippen LogP contribution in [0.15, 0.2) is 63.8 Å². The molecule has 0 saturated carbocycles. The van der Waals surface area contributed by atoms with Crippen molar-refractivity contribution in [2.45, 2.75) is 33.4 Å². The Labute approximate surface area is 208 Å². The standard InChI is InChI=1S/C29H27NO6/c1-5-35-23-14-19(8-11-22(23)31)25-24-26(32)21-13-16(2)12-17(3)27(21)36-28(24)29(33)30(25)15-18-6-9-20(34-4)10-7-18/h6-14,25,31H,5,15H2,1-4H3. The third-order valence-corrected chi connectivity index (χ3v) is 6.51. The molecule has 0 saturated heterocycles. The molecule has 0 fully saturated rings. The summed E-state index contributed by atoms with van der Waals surface area (Å²) in [6.45, 7) is 6.22. The quantitative estimate of drug-likeness (QED) is 0.400. The number of carbonyl (C=O) groups is 1. The van der Waals surface area contributed by atoms with Crippen molar-refractivity contribution in [3.05, 3.63) is 98.4 Å². The van der Waals surface area contributed by atoms with Crippen LogP contribution in [-0.4, -0.2) is 29.6 Å². The number of carbonyl (C=O) groups excluding carboxylic acids is 1. The third kappa shape index (κ3) is 3.86. The minimum absolute atomic E-state index is 0.0105. The summed E-state index contributed by atoms with van der Waals surface area (Å²) in [6.07, 6.45) is 0. The van der Waals surface area contributed by atoms with E-state index in [0.717, 1.165) is 16.7 Å². The van der Waals surface area contributed by atoms with E-state index in [0.29, 0.717) is 34.5 Å². The van der Waals surface area contributed by atoms with Crippen molar-refractivity contribution >= 4 is 16.9 Å². The first-order chi connectivity index (χ1) is 17.3. The largest absolute Gasteiger partial charge is 0.504 e. The highest BCUT2D eigenvalue weighted by Crippen LogP contribution is 2.42. The zero-order valence-corrected chi connectivity index (χ0v) is 20.6. The number of nitrogens with zero attached hydrogens (tertiary/aromatic N) is 1. The van der Waals surface area contributed by atoms with Gasteiger partial charge in [0.05, 0.1) is 30.7 Å². The molecular formula is C29H27NO6. The number of phenolic OH excluding ortho intramolecular Hbond substituents is 1. The summed E-state index contributed by atoms with van der Waals surface area (Å²) in [4.78, 5) is 29.3. The summed E-state index contributed by atoms with van der Waals surface area (Å²) in [5, 5.41) is 10.7. The van der Waals surface area contributed by atoms with Gasteiger partial charge in [-0.05, 0) is 73.4 Å². The molecule has 5 rings (SSSR count). The van der Waals surface area contributed by atoms with E-state index in [2.05, 4.69) is 0 Å². The van der Waals surface area contributed by atoms with Crippen LogP contribution >= 0.6 is 0 Å². The van der Waals surface area contributed by atoms with E-state index >= 15 is 0 Å². The maximum absolute atomic E-state index is 13.9. The molecule has 0 radical (unpaired) electrons. The van der Waals surface area contributed by atoms with Crippen molar-refractivity contribution in [3.8, 4) is 17.2 Å². The first kappa shape index (κ1) is 23.5. The van der Waals surface area contributed by atoms with Gasteiger partial charge in [0, 0.05) is 6.54 Å². The Balaban J connectivity index is 1.72. The first-order valence-electron chi connectivity index (χ1n) is 11.8. The molecule has 184 valence electrons. The Morgan fingerprint density at radius 3 is 2.47 bits per heavy atom. The van der Waals surface area contributed by atoms with Gasteiger partial charge in [-0.1, -0.05) is 24.3 Å². The summed E-state index contributed by atoms with van der Waals surface area (Å²) in [5.74, 6) is 0.667. The van der Waals surface area contributed by atoms with E-state index in [1.54, 1.807) is 30.2 Å². The monoisotopic (exact) mass is 485 g/mol. The molecule has 1 N–H and O–H groups in total. The lowest BCUT2D eigenvalue weighted by molar-refractivity contribution is 0.0714. The van der Waals surface area contributed by atoms with Crippen LogP contribution in [0, 0.1) is 13.8 Å². The number of aryl methyl sites for hydroxylation is 2. The average Bonchev–Trinajstić information content (AvgIpc) is 3.13. The van der Waals surface area contributed by atoms with Crippen LogP contribution in [0.4, 0.5) is 0 Å². The molecule has 36 heavy (non-hydrogen) atoms. The van der Waals surface area contributed by atoms with Gasteiger partial charge in [-0.3, -0.25) is 9.59 Å². The summed E-state index contributed by atoms with van der Waals surface area (Å²) >= 11 is 0. The van der Waals surface area contributed by atoms with Gasteiger partial charge in [0.15, 0.2) is 16.9 Å². The van der Waals surface area contributed by atoms with E-state index in [1.807, 2.05) is 51.1 Å². The predicted octanol–water partition coefficient (Wildman–Crippen LogP) is 5.27. The normalized spacial score (nSPS) is 14.8. The van der Waals surface area contributed by atoms with Gasteiger partial charge in [-0.25, -0.2) is 0 Å². The van der Waals surface area contributed by atoms with Crippen LogP contribution in [-0.2, 0) is 6.54 Å². The molecule has 7 nitrogen and oxygen atoms in total. The van der Waals surface area contributed by atoms with Crippen LogP contribution in [0.25, 0.3) is 11.0 Å². The summed E-state index contributed by atoms with van der Waals surface area (Å²) in [6, 6.07) is 15.3. The van der Waals surface area contributed by atoms with Gasteiger partial charge in [0.25, 0.3) is 5.91 Å². The number of ether oxygens (including phenoxy) is 2. The zero-order chi connectivity index (χ0) is 25.6. The number of hydrogen-bond donors (Lipinski definition) is 1. The summed E-state index contributed by atoms with van der Waals surface area (Å²) in [5.41, 5.74) is 3.72. The number of benzene rings is 3. The minimum Gasteiger partial charge on any atom is -0.504 e.